The highest BCUT2D eigenvalue weighted by Gasteiger charge is 2.30. The molecule has 1 heterocycles. The van der Waals surface area contributed by atoms with Crippen molar-refractivity contribution in [3.63, 3.8) is 0 Å². The van der Waals surface area contributed by atoms with E-state index in [2.05, 4.69) is 10.3 Å². The third-order valence-electron chi connectivity index (χ3n) is 3.82. The Labute approximate surface area is 155 Å². The van der Waals surface area contributed by atoms with Crippen molar-refractivity contribution >= 4 is 28.3 Å². The molecule has 3 rings (SSSR count). The summed E-state index contributed by atoms with van der Waals surface area (Å²) in [6, 6.07) is 12.4. The summed E-state index contributed by atoms with van der Waals surface area (Å²) in [6.07, 6.45) is -4.38. The van der Waals surface area contributed by atoms with Gasteiger partial charge in [-0.15, -0.1) is 0 Å². The molecule has 136 valence electrons. The zero-order valence-electron chi connectivity index (χ0n) is 14.6. The third kappa shape index (κ3) is 3.78. The van der Waals surface area contributed by atoms with E-state index in [4.69, 9.17) is 11.6 Å². The molecule has 0 aliphatic carbocycles. The molecule has 0 amide bonds. The SMILES string of the molecule is CC(C)(C)Nc1nc2ccccc2c(Cl)c1-c1ccc(C(F)(F)F)cc1. The van der Waals surface area contributed by atoms with Crippen molar-refractivity contribution < 1.29 is 13.2 Å². The summed E-state index contributed by atoms with van der Waals surface area (Å²) in [5, 5.41) is 4.52. The van der Waals surface area contributed by atoms with Crippen molar-refractivity contribution in [3.05, 3.63) is 59.1 Å². The smallest absolute Gasteiger partial charge is 0.365 e. The van der Waals surface area contributed by atoms with Gasteiger partial charge in [-0.2, -0.15) is 13.2 Å². The lowest BCUT2D eigenvalue weighted by Gasteiger charge is -2.24. The van der Waals surface area contributed by atoms with Crippen LogP contribution in [0.3, 0.4) is 0 Å². The van der Waals surface area contributed by atoms with Crippen molar-refractivity contribution in [3.8, 4) is 11.1 Å². The highest BCUT2D eigenvalue weighted by Crippen LogP contribution is 2.40. The van der Waals surface area contributed by atoms with Crippen LogP contribution in [0.25, 0.3) is 22.0 Å². The van der Waals surface area contributed by atoms with E-state index < -0.39 is 11.7 Å². The van der Waals surface area contributed by atoms with Crippen molar-refractivity contribution in [1.82, 2.24) is 4.98 Å². The van der Waals surface area contributed by atoms with Crippen LogP contribution in [0, 0.1) is 0 Å². The van der Waals surface area contributed by atoms with Crippen LogP contribution in [-0.4, -0.2) is 10.5 Å². The zero-order valence-corrected chi connectivity index (χ0v) is 15.3. The van der Waals surface area contributed by atoms with Crippen LogP contribution in [0.5, 0.6) is 0 Å². The highest BCUT2D eigenvalue weighted by molar-refractivity contribution is 6.38. The van der Waals surface area contributed by atoms with Gasteiger partial charge in [-0.25, -0.2) is 4.98 Å². The van der Waals surface area contributed by atoms with Gasteiger partial charge in [-0.3, -0.25) is 0 Å². The number of nitrogens with one attached hydrogen (secondary N) is 1. The average Bonchev–Trinajstić information content (AvgIpc) is 2.53. The maximum Gasteiger partial charge on any atom is 0.416 e. The Morgan fingerprint density at radius 3 is 2.12 bits per heavy atom. The van der Waals surface area contributed by atoms with Crippen LogP contribution in [0.1, 0.15) is 26.3 Å². The maximum absolute atomic E-state index is 12.9. The number of fused-ring (bicyclic) bond motifs is 1. The molecule has 2 nitrogen and oxygen atoms in total. The van der Waals surface area contributed by atoms with Gasteiger partial charge in [0.2, 0.25) is 0 Å². The van der Waals surface area contributed by atoms with E-state index in [-0.39, 0.29) is 5.54 Å². The molecule has 2 aromatic carbocycles. The number of nitrogens with zero attached hydrogens (tertiary/aromatic N) is 1. The minimum absolute atomic E-state index is 0.292. The monoisotopic (exact) mass is 378 g/mol. The second-order valence-electron chi connectivity index (χ2n) is 7.12. The van der Waals surface area contributed by atoms with E-state index in [1.807, 2.05) is 45.0 Å². The van der Waals surface area contributed by atoms with Gasteiger partial charge in [0.25, 0.3) is 0 Å². The largest absolute Gasteiger partial charge is 0.416 e. The van der Waals surface area contributed by atoms with E-state index in [0.717, 1.165) is 23.0 Å². The van der Waals surface area contributed by atoms with Crippen molar-refractivity contribution in [2.45, 2.75) is 32.5 Å². The van der Waals surface area contributed by atoms with Gasteiger partial charge in [0.15, 0.2) is 0 Å². The minimum Gasteiger partial charge on any atom is -0.365 e. The highest BCUT2D eigenvalue weighted by atomic mass is 35.5. The van der Waals surface area contributed by atoms with Gasteiger partial charge in [0.05, 0.1) is 16.1 Å². The lowest BCUT2D eigenvalue weighted by Crippen LogP contribution is -2.27. The Balaban J connectivity index is 2.22. The standard InChI is InChI=1S/C20H18ClF3N2/c1-19(2,3)26-18-16(12-8-10-13(11-9-12)20(22,23)24)17(21)14-6-4-5-7-15(14)25-18/h4-11H,1-3H3,(H,25,26). The first kappa shape index (κ1) is 18.5. The number of para-hydroxylation sites is 1. The molecular formula is C20H18ClF3N2. The molecule has 1 N–H and O–H groups in total. The predicted molar refractivity (Wildman–Crippen MR) is 101 cm³/mol. The average molecular weight is 379 g/mol. The number of anilines is 1. The summed E-state index contributed by atoms with van der Waals surface area (Å²) in [5.74, 6) is 0.543. The van der Waals surface area contributed by atoms with Gasteiger partial charge >= 0.3 is 6.18 Å². The first-order chi connectivity index (χ1) is 12.1. The molecule has 26 heavy (non-hydrogen) atoms. The molecule has 0 aliphatic rings. The van der Waals surface area contributed by atoms with Crippen LogP contribution in [-0.2, 0) is 6.18 Å². The van der Waals surface area contributed by atoms with E-state index in [0.29, 0.717) is 22.0 Å². The Morgan fingerprint density at radius 1 is 0.923 bits per heavy atom. The van der Waals surface area contributed by atoms with Crippen LogP contribution >= 0.6 is 11.6 Å². The predicted octanol–water partition coefficient (Wildman–Crippen LogP) is 6.78. The summed E-state index contributed by atoms with van der Waals surface area (Å²) in [4.78, 5) is 4.65. The number of halogens is 4. The minimum atomic E-state index is -4.38. The van der Waals surface area contributed by atoms with E-state index >= 15 is 0 Å². The number of pyridine rings is 1. The van der Waals surface area contributed by atoms with Crippen LogP contribution in [0.2, 0.25) is 5.02 Å². The van der Waals surface area contributed by atoms with Crippen molar-refractivity contribution in [1.29, 1.82) is 0 Å². The van der Waals surface area contributed by atoms with E-state index in [1.165, 1.54) is 12.1 Å². The fraction of sp³-hybridized carbons (Fsp3) is 0.250. The second kappa shape index (κ2) is 6.47. The number of alkyl halides is 3. The molecule has 0 radical (unpaired) electrons. The lowest BCUT2D eigenvalue weighted by molar-refractivity contribution is -0.137. The molecule has 0 spiro atoms. The van der Waals surface area contributed by atoms with Gasteiger partial charge in [-0.1, -0.05) is 41.9 Å². The van der Waals surface area contributed by atoms with Crippen LogP contribution in [0.15, 0.2) is 48.5 Å². The van der Waals surface area contributed by atoms with Crippen molar-refractivity contribution in [2.75, 3.05) is 5.32 Å². The lowest BCUT2D eigenvalue weighted by atomic mass is 10.0. The molecule has 0 unspecified atom stereocenters. The Morgan fingerprint density at radius 2 is 1.54 bits per heavy atom. The van der Waals surface area contributed by atoms with E-state index in [1.54, 1.807) is 0 Å². The Bertz CT molecular complexity index is 942. The third-order valence-corrected chi connectivity index (χ3v) is 4.22. The fourth-order valence-electron chi connectivity index (χ4n) is 2.71. The maximum atomic E-state index is 12.9. The van der Waals surface area contributed by atoms with E-state index in [9.17, 15) is 13.2 Å². The molecule has 3 aromatic rings. The van der Waals surface area contributed by atoms with Crippen LogP contribution in [0.4, 0.5) is 19.0 Å². The number of hydrogen-bond acceptors (Lipinski definition) is 2. The quantitative estimate of drug-likeness (QED) is 0.531. The van der Waals surface area contributed by atoms with Gasteiger partial charge in [0.1, 0.15) is 5.82 Å². The topological polar surface area (TPSA) is 24.9 Å². The molecule has 0 aliphatic heterocycles. The summed E-state index contributed by atoms with van der Waals surface area (Å²) in [7, 11) is 0. The molecule has 1 aromatic heterocycles. The molecule has 0 saturated carbocycles. The first-order valence-corrected chi connectivity index (χ1v) is 8.48. The Kier molecular flexibility index (Phi) is 4.61. The molecule has 6 heteroatoms. The molecular weight excluding hydrogens is 361 g/mol. The van der Waals surface area contributed by atoms with Gasteiger partial charge in [0, 0.05) is 16.5 Å². The Hall–Kier alpha value is -2.27. The van der Waals surface area contributed by atoms with Gasteiger partial charge in [-0.05, 0) is 44.5 Å². The van der Waals surface area contributed by atoms with Gasteiger partial charge < -0.3 is 5.32 Å². The summed E-state index contributed by atoms with van der Waals surface area (Å²) in [5.41, 5.74) is 0.901. The molecule has 0 saturated heterocycles. The molecule has 0 atom stereocenters. The first-order valence-electron chi connectivity index (χ1n) is 8.10. The zero-order chi connectivity index (χ0) is 19.1. The number of rotatable bonds is 2. The number of benzene rings is 2. The fourth-order valence-corrected chi connectivity index (χ4v) is 3.07. The summed E-state index contributed by atoms with van der Waals surface area (Å²) < 4.78 is 38.6. The van der Waals surface area contributed by atoms with Crippen LogP contribution < -0.4 is 5.32 Å². The molecule has 0 fully saturated rings. The summed E-state index contributed by atoms with van der Waals surface area (Å²) in [6.45, 7) is 5.94. The second-order valence-corrected chi connectivity index (χ2v) is 7.49. The number of aromatic nitrogens is 1. The summed E-state index contributed by atoms with van der Waals surface area (Å²) >= 11 is 6.64. The normalized spacial score (nSPS) is 12.4. The number of hydrogen-bond donors (Lipinski definition) is 1. The van der Waals surface area contributed by atoms with Crippen molar-refractivity contribution in [2.24, 2.45) is 0 Å². The molecule has 0 bridgehead atoms.